The van der Waals surface area contributed by atoms with Gasteiger partial charge in [-0.25, -0.2) is 9.69 Å². The highest BCUT2D eigenvalue weighted by molar-refractivity contribution is 7.09. The van der Waals surface area contributed by atoms with Crippen molar-refractivity contribution in [1.82, 2.24) is 20.0 Å². The molecule has 136 valence electrons. The topological polar surface area (TPSA) is 90.0 Å². The van der Waals surface area contributed by atoms with E-state index in [0.29, 0.717) is 13.0 Å². The van der Waals surface area contributed by atoms with Crippen molar-refractivity contribution >= 4 is 35.1 Å². The second-order valence-electron chi connectivity index (χ2n) is 5.81. The Morgan fingerprint density at radius 1 is 1.24 bits per heavy atom. The molecule has 1 aliphatic heterocycles. The lowest BCUT2D eigenvalue weighted by Crippen LogP contribution is -2.44. The summed E-state index contributed by atoms with van der Waals surface area (Å²) >= 11 is 1.53. The molecule has 1 aromatic heterocycles. The molecule has 1 aromatic rings. The summed E-state index contributed by atoms with van der Waals surface area (Å²) in [5.41, 5.74) is 0. The minimum Gasteiger partial charge on any atom is -0.355 e. The van der Waals surface area contributed by atoms with Crippen LogP contribution in [-0.2, 0) is 20.8 Å². The van der Waals surface area contributed by atoms with Gasteiger partial charge in [-0.1, -0.05) is 13.0 Å². The standard InChI is InChI=1S/C16H22N4O4S/c1-3-7-17-13(21)10-18(2)11-20-15(23)14(22)19(16(20)24)8-6-12-5-4-9-25-12/h4-5,9H,3,6-8,10-11H2,1-2H3,(H,17,21). The minimum atomic E-state index is -0.850. The van der Waals surface area contributed by atoms with Gasteiger partial charge in [-0.05, 0) is 24.9 Å². The molecule has 8 nitrogen and oxygen atoms in total. The molecule has 1 saturated heterocycles. The van der Waals surface area contributed by atoms with E-state index in [1.807, 2.05) is 24.4 Å². The van der Waals surface area contributed by atoms with Crippen molar-refractivity contribution in [3.8, 4) is 0 Å². The maximum absolute atomic E-state index is 12.4. The van der Waals surface area contributed by atoms with E-state index in [2.05, 4.69) is 5.32 Å². The van der Waals surface area contributed by atoms with Crippen LogP contribution in [0.2, 0.25) is 0 Å². The summed E-state index contributed by atoms with van der Waals surface area (Å²) in [6.07, 6.45) is 1.35. The van der Waals surface area contributed by atoms with Gasteiger partial charge in [0, 0.05) is 24.4 Å². The Bertz CT molecular complexity index is 647. The van der Waals surface area contributed by atoms with Crippen molar-refractivity contribution in [1.29, 1.82) is 0 Å². The van der Waals surface area contributed by atoms with Crippen LogP contribution in [-0.4, -0.2) is 71.8 Å². The number of likely N-dealkylation sites (N-methyl/N-ethyl adjacent to an activating group) is 1. The van der Waals surface area contributed by atoms with Crippen LogP contribution in [0.25, 0.3) is 0 Å². The largest absolute Gasteiger partial charge is 0.355 e. The number of urea groups is 1. The summed E-state index contributed by atoms with van der Waals surface area (Å²) in [7, 11) is 1.62. The molecule has 0 unspecified atom stereocenters. The molecule has 0 radical (unpaired) electrons. The molecule has 0 aliphatic carbocycles. The van der Waals surface area contributed by atoms with Crippen LogP contribution in [0.5, 0.6) is 0 Å². The zero-order valence-corrected chi connectivity index (χ0v) is 15.2. The number of hydrogen-bond acceptors (Lipinski definition) is 6. The third-order valence-corrected chi connectivity index (χ3v) is 4.60. The van der Waals surface area contributed by atoms with Crippen molar-refractivity contribution < 1.29 is 19.2 Å². The first-order valence-corrected chi connectivity index (χ1v) is 8.97. The van der Waals surface area contributed by atoms with Crippen LogP contribution >= 0.6 is 11.3 Å². The van der Waals surface area contributed by atoms with Crippen molar-refractivity contribution in [2.75, 3.05) is 33.4 Å². The Kier molecular flexibility index (Phi) is 6.65. The molecule has 2 heterocycles. The van der Waals surface area contributed by atoms with Gasteiger partial charge in [0.1, 0.15) is 0 Å². The number of rotatable bonds is 9. The average molecular weight is 366 g/mol. The molecule has 0 aromatic carbocycles. The maximum Gasteiger partial charge on any atom is 0.335 e. The maximum atomic E-state index is 12.4. The van der Waals surface area contributed by atoms with E-state index in [0.717, 1.165) is 21.1 Å². The Labute approximate surface area is 150 Å². The minimum absolute atomic E-state index is 0.0421. The van der Waals surface area contributed by atoms with Gasteiger partial charge < -0.3 is 5.32 Å². The summed E-state index contributed by atoms with van der Waals surface area (Å²) < 4.78 is 0. The first-order valence-electron chi connectivity index (χ1n) is 8.09. The molecule has 1 aliphatic rings. The normalized spacial score (nSPS) is 14.8. The fraction of sp³-hybridized carbons (Fsp3) is 0.500. The van der Waals surface area contributed by atoms with E-state index in [4.69, 9.17) is 0 Å². The Morgan fingerprint density at radius 2 is 1.96 bits per heavy atom. The molecule has 0 atom stereocenters. The second-order valence-corrected chi connectivity index (χ2v) is 6.84. The fourth-order valence-corrected chi connectivity index (χ4v) is 3.10. The number of thiophene rings is 1. The molecule has 2 rings (SSSR count). The van der Waals surface area contributed by atoms with Gasteiger partial charge in [-0.2, -0.15) is 0 Å². The van der Waals surface area contributed by atoms with Gasteiger partial charge in [0.25, 0.3) is 0 Å². The molecule has 1 fully saturated rings. The number of amides is 5. The second kappa shape index (κ2) is 8.72. The van der Waals surface area contributed by atoms with E-state index in [1.54, 1.807) is 7.05 Å². The smallest absolute Gasteiger partial charge is 0.335 e. The summed E-state index contributed by atoms with van der Waals surface area (Å²) in [6, 6.07) is 3.18. The Balaban J connectivity index is 1.90. The van der Waals surface area contributed by atoms with Crippen molar-refractivity contribution in [3.63, 3.8) is 0 Å². The van der Waals surface area contributed by atoms with E-state index in [1.165, 1.54) is 16.2 Å². The first kappa shape index (κ1) is 19.1. The molecule has 0 saturated carbocycles. The molecule has 25 heavy (non-hydrogen) atoms. The van der Waals surface area contributed by atoms with Crippen LogP contribution in [0, 0.1) is 0 Å². The van der Waals surface area contributed by atoms with Crippen LogP contribution in [0.3, 0.4) is 0 Å². The molecule has 0 spiro atoms. The van der Waals surface area contributed by atoms with Crippen molar-refractivity contribution in [2.45, 2.75) is 19.8 Å². The molecule has 5 amide bonds. The SMILES string of the molecule is CCCNC(=O)CN(C)CN1C(=O)C(=O)N(CCc2cccs2)C1=O. The fourth-order valence-electron chi connectivity index (χ4n) is 2.41. The van der Waals surface area contributed by atoms with Gasteiger partial charge in [0.15, 0.2) is 0 Å². The highest BCUT2D eigenvalue weighted by atomic mass is 32.1. The number of hydrogen-bond donors (Lipinski definition) is 1. The first-order chi connectivity index (χ1) is 11.9. The number of nitrogens with one attached hydrogen (secondary N) is 1. The number of imide groups is 2. The lowest BCUT2D eigenvalue weighted by atomic mass is 10.3. The third kappa shape index (κ3) is 4.86. The average Bonchev–Trinajstić information content (AvgIpc) is 3.15. The van der Waals surface area contributed by atoms with Gasteiger partial charge in [0.2, 0.25) is 5.91 Å². The lowest BCUT2D eigenvalue weighted by molar-refractivity contribution is -0.144. The highest BCUT2D eigenvalue weighted by Crippen LogP contribution is 2.15. The number of carbonyl (C=O) groups is 4. The van der Waals surface area contributed by atoms with Gasteiger partial charge >= 0.3 is 17.8 Å². The van der Waals surface area contributed by atoms with Gasteiger partial charge in [0.05, 0.1) is 13.2 Å². The van der Waals surface area contributed by atoms with Crippen LogP contribution < -0.4 is 5.32 Å². The zero-order chi connectivity index (χ0) is 18.4. The molecule has 1 N–H and O–H groups in total. The van der Waals surface area contributed by atoms with E-state index in [-0.39, 0.29) is 25.7 Å². The molecular formula is C16H22N4O4S. The lowest BCUT2D eigenvalue weighted by Gasteiger charge is -2.22. The van der Waals surface area contributed by atoms with E-state index in [9.17, 15) is 19.2 Å². The number of carbonyl (C=O) groups excluding carboxylic acids is 4. The van der Waals surface area contributed by atoms with Gasteiger partial charge in [-0.3, -0.25) is 24.2 Å². The predicted octanol–water partition coefficient (Wildman–Crippen LogP) is 0.497. The highest BCUT2D eigenvalue weighted by Gasteiger charge is 2.44. The Morgan fingerprint density at radius 3 is 2.60 bits per heavy atom. The van der Waals surface area contributed by atoms with E-state index >= 15 is 0 Å². The van der Waals surface area contributed by atoms with Crippen LogP contribution in [0.1, 0.15) is 18.2 Å². The van der Waals surface area contributed by atoms with E-state index < -0.39 is 17.8 Å². The number of nitrogens with zero attached hydrogens (tertiary/aromatic N) is 3. The third-order valence-electron chi connectivity index (χ3n) is 3.67. The summed E-state index contributed by atoms with van der Waals surface area (Å²) in [4.78, 5) is 52.6. The van der Waals surface area contributed by atoms with Crippen molar-refractivity contribution in [2.24, 2.45) is 0 Å². The molecule has 0 bridgehead atoms. The predicted molar refractivity (Wildman–Crippen MR) is 92.8 cm³/mol. The zero-order valence-electron chi connectivity index (χ0n) is 14.4. The Hall–Kier alpha value is -2.26. The van der Waals surface area contributed by atoms with Gasteiger partial charge in [-0.15, -0.1) is 11.3 Å². The molecular weight excluding hydrogens is 344 g/mol. The summed E-state index contributed by atoms with van der Waals surface area (Å²) in [5, 5.41) is 4.63. The summed E-state index contributed by atoms with van der Waals surface area (Å²) in [5.74, 6) is -1.85. The van der Waals surface area contributed by atoms with Crippen molar-refractivity contribution in [3.05, 3.63) is 22.4 Å². The molecule has 9 heteroatoms. The monoisotopic (exact) mass is 366 g/mol. The quantitative estimate of drug-likeness (QED) is 0.508. The summed E-state index contributed by atoms with van der Waals surface area (Å²) in [6.45, 7) is 2.63. The van der Waals surface area contributed by atoms with Crippen LogP contribution in [0.15, 0.2) is 17.5 Å². The van der Waals surface area contributed by atoms with Crippen LogP contribution in [0.4, 0.5) is 4.79 Å².